The van der Waals surface area contributed by atoms with Gasteiger partial charge in [-0.05, 0) is 0 Å². The maximum Gasteiger partial charge on any atom is 0.253 e. The van der Waals surface area contributed by atoms with Gasteiger partial charge in [-0.3, -0.25) is 4.79 Å². The summed E-state index contributed by atoms with van der Waals surface area (Å²) in [5.41, 5.74) is 5.35. The molecule has 0 aromatic carbocycles. The predicted octanol–water partition coefficient (Wildman–Crippen LogP) is -1.78. The van der Waals surface area contributed by atoms with E-state index in [1.165, 1.54) is 12.0 Å². The molecule has 7 heteroatoms. The third kappa shape index (κ3) is 3.15. The van der Waals surface area contributed by atoms with Crippen molar-refractivity contribution in [3.63, 3.8) is 0 Å². The summed E-state index contributed by atoms with van der Waals surface area (Å²) in [5.74, 6) is -0.172. The fourth-order valence-corrected chi connectivity index (χ4v) is 2.64. The standard InChI is InChI=1S/C8H16N2O4S/c1-14-7(6-9)8(11)10-2-4-15(12,13)5-3-10/h7H,2-6,9H2,1H3. The Morgan fingerprint density at radius 3 is 2.40 bits per heavy atom. The summed E-state index contributed by atoms with van der Waals surface area (Å²) in [4.78, 5) is 13.2. The Balaban J connectivity index is 2.56. The number of nitrogens with zero attached hydrogens (tertiary/aromatic N) is 1. The van der Waals surface area contributed by atoms with Crippen molar-refractivity contribution in [1.82, 2.24) is 4.90 Å². The van der Waals surface area contributed by atoms with Crippen molar-refractivity contribution in [2.75, 3.05) is 38.2 Å². The van der Waals surface area contributed by atoms with E-state index in [0.717, 1.165) is 0 Å². The van der Waals surface area contributed by atoms with Gasteiger partial charge in [-0.2, -0.15) is 0 Å². The van der Waals surface area contributed by atoms with Crippen LogP contribution in [0.5, 0.6) is 0 Å². The Hall–Kier alpha value is -0.660. The fourth-order valence-electron chi connectivity index (χ4n) is 1.43. The number of carbonyl (C=O) groups excluding carboxylic acids is 1. The van der Waals surface area contributed by atoms with Gasteiger partial charge in [0, 0.05) is 26.7 Å². The minimum absolute atomic E-state index is 0.0275. The Labute approximate surface area is 89.3 Å². The highest BCUT2D eigenvalue weighted by atomic mass is 32.2. The molecule has 1 saturated heterocycles. The number of nitrogens with two attached hydrogens (primary N) is 1. The van der Waals surface area contributed by atoms with E-state index >= 15 is 0 Å². The zero-order chi connectivity index (χ0) is 11.5. The number of carbonyl (C=O) groups is 1. The number of sulfone groups is 1. The van der Waals surface area contributed by atoms with Crippen LogP contribution in [0.15, 0.2) is 0 Å². The van der Waals surface area contributed by atoms with Crippen LogP contribution < -0.4 is 5.73 Å². The Kier molecular flexibility index (Phi) is 4.06. The Bertz CT molecular complexity index is 310. The minimum Gasteiger partial charge on any atom is -0.370 e. The van der Waals surface area contributed by atoms with E-state index in [-0.39, 0.29) is 37.0 Å². The van der Waals surface area contributed by atoms with Crippen LogP contribution in [0.1, 0.15) is 0 Å². The lowest BCUT2D eigenvalue weighted by molar-refractivity contribution is -0.141. The van der Waals surface area contributed by atoms with Gasteiger partial charge >= 0.3 is 0 Å². The van der Waals surface area contributed by atoms with E-state index in [0.29, 0.717) is 0 Å². The molecule has 1 aliphatic rings. The SMILES string of the molecule is COC(CN)C(=O)N1CCS(=O)(=O)CC1. The van der Waals surface area contributed by atoms with E-state index in [1.807, 2.05) is 0 Å². The molecule has 0 aliphatic carbocycles. The molecule has 1 amide bonds. The van der Waals surface area contributed by atoms with Gasteiger partial charge in [-0.15, -0.1) is 0 Å². The third-order valence-corrected chi connectivity index (χ3v) is 4.04. The lowest BCUT2D eigenvalue weighted by Crippen LogP contribution is -2.50. The summed E-state index contributed by atoms with van der Waals surface area (Å²) < 4.78 is 27.2. The van der Waals surface area contributed by atoms with Crippen molar-refractivity contribution in [2.24, 2.45) is 5.73 Å². The number of amides is 1. The van der Waals surface area contributed by atoms with Crippen LogP contribution in [0, 0.1) is 0 Å². The molecule has 0 bridgehead atoms. The lowest BCUT2D eigenvalue weighted by Gasteiger charge is -2.29. The molecule has 88 valence electrons. The van der Waals surface area contributed by atoms with Gasteiger partial charge in [0.25, 0.3) is 5.91 Å². The average molecular weight is 236 g/mol. The first-order valence-corrected chi connectivity index (χ1v) is 6.54. The molecule has 0 aromatic heterocycles. The van der Waals surface area contributed by atoms with Crippen molar-refractivity contribution in [1.29, 1.82) is 0 Å². The zero-order valence-corrected chi connectivity index (χ0v) is 9.50. The molecule has 0 spiro atoms. The molecular weight excluding hydrogens is 220 g/mol. The highest BCUT2D eigenvalue weighted by Crippen LogP contribution is 2.06. The maximum atomic E-state index is 11.7. The first-order chi connectivity index (χ1) is 7.00. The van der Waals surface area contributed by atoms with E-state index in [4.69, 9.17) is 10.5 Å². The molecule has 1 unspecified atom stereocenters. The Morgan fingerprint density at radius 1 is 1.47 bits per heavy atom. The van der Waals surface area contributed by atoms with Crippen LogP contribution in [0.4, 0.5) is 0 Å². The van der Waals surface area contributed by atoms with Crippen molar-refractivity contribution in [2.45, 2.75) is 6.10 Å². The van der Waals surface area contributed by atoms with Crippen LogP contribution in [-0.4, -0.2) is 63.6 Å². The van der Waals surface area contributed by atoms with E-state index in [2.05, 4.69) is 0 Å². The van der Waals surface area contributed by atoms with Gasteiger partial charge in [0.1, 0.15) is 6.10 Å². The van der Waals surface area contributed by atoms with Crippen LogP contribution >= 0.6 is 0 Å². The van der Waals surface area contributed by atoms with Crippen LogP contribution in [0.3, 0.4) is 0 Å². The fraction of sp³-hybridized carbons (Fsp3) is 0.875. The summed E-state index contributed by atoms with van der Waals surface area (Å²) in [6, 6.07) is 0. The number of methoxy groups -OCH3 is 1. The smallest absolute Gasteiger partial charge is 0.253 e. The average Bonchev–Trinajstić information content (AvgIpc) is 2.19. The molecule has 1 aliphatic heterocycles. The number of hydrogen-bond acceptors (Lipinski definition) is 5. The van der Waals surface area contributed by atoms with Crippen molar-refractivity contribution in [3.8, 4) is 0 Å². The predicted molar refractivity (Wildman–Crippen MR) is 55.1 cm³/mol. The second-order valence-corrected chi connectivity index (χ2v) is 5.74. The van der Waals surface area contributed by atoms with Gasteiger partial charge < -0.3 is 15.4 Å². The minimum atomic E-state index is -2.95. The molecule has 1 rings (SSSR count). The normalized spacial score (nSPS) is 22.4. The third-order valence-electron chi connectivity index (χ3n) is 2.43. The zero-order valence-electron chi connectivity index (χ0n) is 8.68. The first-order valence-electron chi connectivity index (χ1n) is 4.72. The van der Waals surface area contributed by atoms with Crippen LogP contribution in [0.2, 0.25) is 0 Å². The lowest BCUT2D eigenvalue weighted by atomic mass is 10.3. The molecular formula is C8H16N2O4S. The Morgan fingerprint density at radius 2 is 2.00 bits per heavy atom. The number of hydrogen-bond donors (Lipinski definition) is 1. The second-order valence-electron chi connectivity index (χ2n) is 3.44. The van der Waals surface area contributed by atoms with Crippen LogP contribution in [0.25, 0.3) is 0 Å². The number of ether oxygens (including phenoxy) is 1. The first kappa shape index (κ1) is 12.4. The van der Waals surface area contributed by atoms with Crippen molar-refractivity contribution in [3.05, 3.63) is 0 Å². The van der Waals surface area contributed by atoms with E-state index < -0.39 is 15.9 Å². The summed E-state index contributed by atoms with van der Waals surface area (Å²) in [6.07, 6.45) is -0.661. The van der Waals surface area contributed by atoms with Crippen molar-refractivity contribution >= 4 is 15.7 Å². The van der Waals surface area contributed by atoms with Gasteiger partial charge in [0.2, 0.25) is 0 Å². The van der Waals surface area contributed by atoms with E-state index in [9.17, 15) is 13.2 Å². The van der Waals surface area contributed by atoms with Gasteiger partial charge in [-0.1, -0.05) is 0 Å². The van der Waals surface area contributed by atoms with Gasteiger partial charge in [-0.25, -0.2) is 8.42 Å². The van der Waals surface area contributed by atoms with Gasteiger partial charge in [0.15, 0.2) is 9.84 Å². The summed E-state index contributed by atoms with van der Waals surface area (Å²) >= 11 is 0. The monoisotopic (exact) mass is 236 g/mol. The highest BCUT2D eigenvalue weighted by molar-refractivity contribution is 7.91. The summed E-state index contributed by atoms with van der Waals surface area (Å²) in [5, 5.41) is 0. The summed E-state index contributed by atoms with van der Waals surface area (Å²) in [6.45, 7) is 0.584. The maximum absolute atomic E-state index is 11.7. The molecule has 1 heterocycles. The molecule has 1 atom stereocenters. The van der Waals surface area contributed by atoms with Gasteiger partial charge in [0.05, 0.1) is 11.5 Å². The molecule has 15 heavy (non-hydrogen) atoms. The molecule has 0 aromatic rings. The highest BCUT2D eigenvalue weighted by Gasteiger charge is 2.28. The van der Waals surface area contributed by atoms with Crippen molar-refractivity contribution < 1.29 is 17.9 Å². The second kappa shape index (κ2) is 4.91. The molecule has 1 fully saturated rings. The molecule has 6 nitrogen and oxygen atoms in total. The summed E-state index contributed by atoms with van der Waals surface area (Å²) in [7, 11) is -1.54. The van der Waals surface area contributed by atoms with Crippen LogP contribution in [-0.2, 0) is 19.4 Å². The molecule has 0 saturated carbocycles. The number of rotatable bonds is 3. The largest absolute Gasteiger partial charge is 0.370 e. The topological polar surface area (TPSA) is 89.7 Å². The van der Waals surface area contributed by atoms with E-state index in [1.54, 1.807) is 0 Å². The quantitative estimate of drug-likeness (QED) is 0.625. The molecule has 2 N–H and O–H groups in total. The molecule has 0 radical (unpaired) electrons.